The van der Waals surface area contributed by atoms with Gasteiger partial charge >= 0.3 is 6.09 Å². The number of aliphatic hydroxyl groups excluding tert-OH is 1. The van der Waals surface area contributed by atoms with E-state index in [0.717, 1.165) is 19.0 Å². The topological polar surface area (TPSA) is 73.7 Å². The third-order valence-electron chi connectivity index (χ3n) is 4.36. The summed E-state index contributed by atoms with van der Waals surface area (Å²) in [7, 11) is 0. The van der Waals surface area contributed by atoms with E-state index in [-0.39, 0.29) is 11.5 Å². The van der Waals surface area contributed by atoms with E-state index in [1.807, 2.05) is 6.92 Å². The summed E-state index contributed by atoms with van der Waals surface area (Å²) in [6, 6.07) is 0.696. The molecule has 102 valence electrons. The van der Waals surface area contributed by atoms with E-state index < -0.39 is 24.1 Å². The molecule has 1 saturated carbocycles. The van der Waals surface area contributed by atoms with Crippen molar-refractivity contribution in [1.82, 2.24) is 9.88 Å². The van der Waals surface area contributed by atoms with Crippen molar-refractivity contribution in [2.45, 2.75) is 37.5 Å². The van der Waals surface area contributed by atoms with Gasteiger partial charge in [0.15, 0.2) is 0 Å². The van der Waals surface area contributed by atoms with Gasteiger partial charge < -0.3 is 10.2 Å². The number of halogens is 1. The molecule has 0 radical (unpaired) electrons. The van der Waals surface area contributed by atoms with E-state index in [0.29, 0.717) is 5.56 Å². The zero-order chi connectivity index (χ0) is 13.8. The van der Waals surface area contributed by atoms with Crippen LogP contribution >= 0.6 is 0 Å². The standard InChI is InChI=1S/C13H15FN2O3/c1-13-3-8(4-13)10(16(13)12(18)19)11(17)7-2-9(14)6-15-5-7/h2,5-6,8,10-11,17H,3-4H2,1H3,(H,18,19)/t8?,10-,11-,13?/m1/s1. The zero-order valence-corrected chi connectivity index (χ0v) is 10.5. The minimum atomic E-state index is -1.03. The normalized spacial score (nSPS) is 33.9. The molecular formula is C13H15FN2O3. The number of fused-ring (bicyclic) bond motifs is 1. The lowest BCUT2D eigenvalue weighted by Gasteiger charge is -2.37. The lowest BCUT2D eigenvalue weighted by Crippen LogP contribution is -2.47. The Bertz CT molecular complexity index is 530. The minimum absolute atomic E-state index is 0.138. The zero-order valence-electron chi connectivity index (χ0n) is 10.5. The van der Waals surface area contributed by atoms with Crippen LogP contribution < -0.4 is 0 Å². The summed E-state index contributed by atoms with van der Waals surface area (Å²) in [4.78, 5) is 16.4. The highest BCUT2D eigenvalue weighted by molar-refractivity contribution is 5.68. The Morgan fingerprint density at radius 3 is 2.84 bits per heavy atom. The lowest BCUT2D eigenvalue weighted by molar-refractivity contribution is 0.0512. The number of nitrogens with zero attached hydrogens (tertiary/aromatic N) is 2. The van der Waals surface area contributed by atoms with E-state index in [4.69, 9.17) is 0 Å². The van der Waals surface area contributed by atoms with Crippen LogP contribution in [-0.2, 0) is 0 Å². The average molecular weight is 266 g/mol. The first-order valence-electron chi connectivity index (χ1n) is 6.23. The lowest BCUT2D eigenvalue weighted by atomic mass is 9.72. The monoisotopic (exact) mass is 266 g/mol. The van der Waals surface area contributed by atoms with Crippen molar-refractivity contribution in [3.63, 3.8) is 0 Å². The number of carbonyl (C=O) groups is 1. The Morgan fingerprint density at radius 2 is 2.26 bits per heavy atom. The summed E-state index contributed by atoms with van der Waals surface area (Å²) in [6.07, 6.45) is 1.88. The molecule has 0 aromatic carbocycles. The van der Waals surface area contributed by atoms with Crippen molar-refractivity contribution in [2.75, 3.05) is 0 Å². The first-order valence-corrected chi connectivity index (χ1v) is 6.23. The summed E-state index contributed by atoms with van der Waals surface area (Å²) in [5, 5.41) is 19.7. The van der Waals surface area contributed by atoms with Crippen LogP contribution in [0.25, 0.3) is 0 Å². The fourth-order valence-corrected chi connectivity index (χ4v) is 3.62. The number of hydrogen-bond donors (Lipinski definition) is 2. The van der Waals surface area contributed by atoms with Gasteiger partial charge in [-0.3, -0.25) is 9.88 Å². The molecule has 1 aliphatic carbocycles. The molecule has 1 aromatic heterocycles. The summed E-state index contributed by atoms with van der Waals surface area (Å²) in [5.74, 6) is -0.394. The SMILES string of the molecule is CC12CC(C1)[C@H]([C@H](O)c1cncc(F)c1)N2C(=O)O. The maximum atomic E-state index is 13.1. The van der Waals surface area contributed by atoms with Gasteiger partial charge in [0.25, 0.3) is 0 Å². The quantitative estimate of drug-likeness (QED) is 0.855. The van der Waals surface area contributed by atoms with Crippen LogP contribution in [0.3, 0.4) is 0 Å². The van der Waals surface area contributed by atoms with Crippen LogP contribution in [-0.4, -0.2) is 37.8 Å². The molecule has 2 atom stereocenters. The van der Waals surface area contributed by atoms with Crippen molar-refractivity contribution in [3.8, 4) is 0 Å². The van der Waals surface area contributed by atoms with Crippen molar-refractivity contribution >= 4 is 6.09 Å². The van der Waals surface area contributed by atoms with Gasteiger partial charge in [-0.15, -0.1) is 0 Å². The Balaban J connectivity index is 1.92. The highest BCUT2D eigenvalue weighted by Crippen LogP contribution is 2.57. The van der Waals surface area contributed by atoms with Crippen LogP contribution in [0.4, 0.5) is 9.18 Å². The first kappa shape index (κ1) is 12.3. The molecular weight excluding hydrogens is 251 g/mol. The molecule has 3 fully saturated rings. The molecule has 0 spiro atoms. The third-order valence-corrected chi connectivity index (χ3v) is 4.36. The van der Waals surface area contributed by atoms with E-state index in [2.05, 4.69) is 4.98 Å². The van der Waals surface area contributed by atoms with E-state index in [1.54, 1.807) is 0 Å². The molecule has 3 heterocycles. The van der Waals surface area contributed by atoms with E-state index >= 15 is 0 Å². The smallest absolute Gasteiger partial charge is 0.408 e. The van der Waals surface area contributed by atoms with Gasteiger partial charge in [0.1, 0.15) is 11.9 Å². The van der Waals surface area contributed by atoms with Crippen molar-refractivity contribution in [2.24, 2.45) is 5.92 Å². The molecule has 3 aliphatic rings. The van der Waals surface area contributed by atoms with Crippen LogP contribution in [0.5, 0.6) is 0 Å². The summed E-state index contributed by atoms with van der Waals surface area (Å²) in [5.41, 5.74) is -0.0597. The number of amides is 1. The van der Waals surface area contributed by atoms with Gasteiger partial charge in [0.05, 0.1) is 12.2 Å². The number of aromatic nitrogens is 1. The second-order valence-corrected chi connectivity index (χ2v) is 5.69. The predicted octanol–water partition coefficient (Wildman–Crippen LogP) is 1.78. The second-order valence-electron chi connectivity index (χ2n) is 5.69. The van der Waals surface area contributed by atoms with Crippen LogP contribution in [0.1, 0.15) is 31.4 Å². The molecule has 2 bridgehead atoms. The molecule has 2 saturated heterocycles. The molecule has 2 N–H and O–H groups in total. The molecule has 1 amide bonds. The van der Waals surface area contributed by atoms with Crippen molar-refractivity contribution < 1.29 is 19.4 Å². The Kier molecular flexibility index (Phi) is 2.53. The number of hydrogen-bond acceptors (Lipinski definition) is 3. The van der Waals surface area contributed by atoms with Gasteiger partial charge in [-0.1, -0.05) is 0 Å². The minimum Gasteiger partial charge on any atom is -0.465 e. The van der Waals surface area contributed by atoms with Crippen LogP contribution in [0.2, 0.25) is 0 Å². The number of aliphatic hydroxyl groups is 1. The van der Waals surface area contributed by atoms with Gasteiger partial charge in [0.2, 0.25) is 0 Å². The third kappa shape index (κ3) is 1.70. The predicted molar refractivity (Wildman–Crippen MR) is 63.9 cm³/mol. The first-order chi connectivity index (χ1) is 8.92. The second kappa shape index (κ2) is 3.90. The van der Waals surface area contributed by atoms with Crippen LogP contribution in [0, 0.1) is 11.7 Å². The highest BCUT2D eigenvalue weighted by Gasteiger charge is 2.62. The van der Waals surface area contributed by atoms with E-state index in [1.165, 1.54) is 17.2 Å². The summed E-state index contributed by atoms with van der Waals surface area (Å²) in [6.45, 7) is 1.88. The fourth-order valence-electron chi connectivity index (χ4n) is 3.62. The molecule has 4 rings (SSSR count). The maximum Gasteiger partial charge on any atom is 0.408 e. The fraction of sp³-hybridized carbons (Fsp3) is 0.538. The number of rotatable bonds is 2. The van der Waals surface area contributed by atoms with Crippen LogP contribution in [0.15, 0.2) is 18.5 Å². The van der Waals surface area contributed by atoms with Gasteiger partial charge in [-0.2, -0.15) is 0 Å². The highest BCUT2D eigenvalue weighted by atomic mass is 19.1. The van der Waals surface area contributed by atoms with Gasteiger partial charge in [0, 0.05) is 17.3 Å². The molecule has 19 heavy (non-hydrogen) atoms. The van der Waals surface area contributed by atoms with Crippen molar-refractivity contribution in [3.05, 3.63) is 29.8 Å². The molecule has 1 aromatic rings. The summed E-state index contributed by atoms with van der Waals surface area (Å²) >= 11 is 0. The largest absolute Gasteiger partial charge is 0.465 e. The Morgan fingerprint density at radius 1 is 1.58 bits per heavy atom. The maximum absolute atomic E-state index is 13.1. The summed E-state index contributed by atoms with van der Waals surface area (Å²) < 4.78 is 13.1. The van der Waals surface area contributed by atoms with Gasteiger partial charge in [-0.05, 0) is 31.7 Å². The number of pyridine rings is 1. The van der Waals surface area contributed by atoms with E-state index in [9.17, 15) is 19.4 Å². The number of carboxylic acid groups (broad SMARTS) is 1. The molecule has 6 heteroatoms. The van der Waals surface area contributed by atoms with Gasteiger partial charge in [-0.25, -0.2) is 9.18 Å². The molecule has 0 unspecified atom stereocenters. The molecule has 2 aliphatic heterocycles. The van der Waals surface area contributed by atoms with Crippen molar-refractivity contribution in [1.29, 1.82) is 0 Å². The Labute approximate surface area is 109 Å². The Hall–Kier alpha value is -1.69. The molecule has 5 nitrogen and oxygen atoms in total. The average Bonchev–Trinajstić information content (AvgIpc) is 2.76.